The van der Waals surface area contributed by atoms with Gasteiger partial charge in [-0.3, -0.25) is 4.79 Å². The predicted octanol–water partition coefficient (Wildman–Crippen LogP) is 0.178. The Labute approximate surface area is 83.9 Å². The summed E-state index contributed by atoms with van der Waals surface area (Å²) in [6.07, 6.45) is 3.59. The van der Waals surface area contributed by atoms with Gasteiger partial charge in [-0.1, -0.05) is 0 Å². The normalized spacial score (nSPS) is 28.4. The summed E-state index contributed by atoms with van der Waals surface area (Å²) in [6.45, 7) is 1.96. The first-order valence-corrected chi connectivity index (χ1v) is 5.36. The fourth-order valence-electron chi connectivity index (χ4n) is 2.48. The highest BCUT2D eigenvalue weighted by molar-refractivity contribution is 5.78. The number of piperidine rings is 1. The van der Waals surface area contributed by atoms with Crippen LogP contribution in [0.5, 0.6) is 0 Å². The Morgan fingerprint density at radius 1 is 1.43 bits per heavy atom. The van der Waals surface area contributed by atoms with Crippen molar-refractivity contribution < 1.29 is 9.90 Å². The zero-order valence-corrected chi connectivity index (χ0v) is 8.33. The molecule has 0 radical (unpaired) electrons. The molecule has 14 heavy (non-hydrogen) atoms. The molecular weight excluding hydrogens is 180 g/mol. The molecule has 0 spiro atoms. The summed E-state index contributed by atoms with van der Waals surface area (Å²) < 4.78 is 0. The largest absolute Gasteiger partial charge is 0.481 e. The highest BCUT2D eigenvalue weighted by Gasteiger charge is 2.56. The van der Waals surface area contributed by atoms with E-state index >= 15 is 0 Å². The van der Waals surface area contributed by atoms with E-state index in [9.17, 15) is 4.79 Å². The van der Waals surface area contributed by atoms with Crippen LogP contribution < -0.4 is 11.1 Å². The SMILES string of the molecule is NC(C1CCNCC1)C1(C(=O)O)CC1. The maximum Gasteiger partial charge on any atom is 0.311 e. The molecule has 0 aromatic heterocycles. The number of rotatable bonds is 3. The molecule has 1 atom stereocenters. The molecule has 1 saturated carbocycles. The Morgan fingerprint density at radius 3 is 2.43 bits per heavy atom. The van der Waals surface area contributed by atoms with Gasteiger partial charge < -0.3 is 16.2 Å². The summed E-state index contributed by atoms with van der Waals surface area (Å²) >= 11 is 0. The van der Waals surface area contributed by atoms with E-state index in [1.165, 1.54) is 0 Å². The molecule has 2 aliphatic rings. The number of carbonyl (C=O) groups is 1. The van der Waals surface area contributed by atoms with E-state index < -0.39 is 11.4 Å². The van der Waals surface area contributed by atoms with Gasteiger partial charge in [0.25, 0.3) is 0 Å². The maximum absolute atomic E-state index is 11.1. The first kappa shape index (κ1) is 9.93. The van der Waals surface area contributed by atoms with Gasteiger partial charge in [0.1, 0.15) is 0 Å². The van der Waals surface area contributed by atoms with Crippen LogP contribution in [0.3, 0.4) is 0 Å². The smallest absolute Gasteiger partial charge is 0.311 e. The minimum absolute atomic E-state index is 0.137. The predicted molar refractivity (Wildman–Crippen MR) is 52.9 cm³/mol. The molecule has 0 aromatic carbocycles. The molecule has 4 N–H and O–H groups in total. The molecule has 2 fully saturated rings. The molecule has 1 aliphatic carbocycles. The van der Waals surface area contributed by atoms with Crippen molar-refractivity contribution >= 4 is 5.97 Å². The van der Waals surface area contributed by atoms with Crippen LogP contribution in [0.15, 0.2) is 0 Å². The lowest BCUT2D eigenvalue weighted by molar-refractivity contribution is -0.144. The third-order valence-corrected chi connectivity index (χ3v) is 3.74. The van der Waals surface area contributed by atoms with Gasteiger partial charge in [0, 0.05) is 6.04 Å². The van der Waals surface area contributed by atoms with Crippen LogP contribution >= 0.6 is 0 Å². The zero-order chi connectivity index (χ0) is 10.2. The summed E-state index contributed by atoms with van der Waals surface area (Å²) in [6, 6.07) is -0.137. The van der Waals surface area contributed by atoms with Crippen molar-refractivity contribution in [2.24, 2.45) is 17.1 Å². The minimum Gasteiger partial charge on any atom is -0.481 e. The summed E-state index contributed by atoms with van der Waals surface area (Å²) in [5.74, 6) is -0.293. The van der Waals surface area contributed by atoms with Gasteiger partial charge in [-0.2, -0.15) is 0 Å². The number of nitrogens with one attached hydrogen (secondary N) is 1. The average Bonchev–Trinajstić information content (AvgIpc) is 2.99. The number of hydrogen-bond donors (Lipinski definition) is 3. The van der Waals surface area contributed by atoms with Crippen molar-refractivity contribution in [3.8, 4) is 0 Å². The van der Waals surface area contributed by atoms with Gasteiger partial charge in [0.15, 0.2) is 0 Å². The van der Waals surface area contributed by atoms with Gasteiger partial charge in [-0.15, -0.1) is 0 Å². The summed E-state index contributed by atoms with van der Waals surface area (Å²) in [7, 11) is 0. The number of aliphatic carboxylic acids is 1. The summed E-state index contributed by atoms with van der Waals surface area (Å²) in [5.41, 5.74) is 5.51. The van der Waals surface area contributed by atoms with E-state index in [0.717, 1.165) is 38.8 Å². The third kappa shape index (κ3) is 1.53. The van der Waals surface area contributed by atoms with Crippen molar-refractivity contribution in [3.63, 3.8) is 0 Å². The molecule has 4 heteroatoms. The van der Waals surface area contributed by atoms with Gasteiger partial charge in [0.2, 0.25) is 0 Å². The van der Waals surface area contributed by atoms with Crippen LogP contribution in [-0.4, -0.2) is 30.2 Å². The van der Waals surface area contributed by atoms with E-state index in [0.29, 0.717) is 5.92 Å². The van der Waals surface area contributed by atoms with Crippen molar-refractivity contribution in [3.05, 3.63) is 0 Å². The molecule has 80 valence electrons. The summed E-state index contributed by atoms with van der Waals surface area (Å²) in [5, 5.41) is 12.4. The monoisotopic (exact) mass is 198 g/mol. The quantitative estimate of drug-likeness (QED) is 0.604. The topological polar surface area (TPSA) is 75.3 Å². The number of carboxylic acid groups (broad SMARTS) is 1. The van der Waals surface area contributed by atoms with Gasteiger partial charge in [0.05, 0.1) is 5.41 Å². The van der Waals surface area contributed by atoms with E-state index in [-0.39, 0.29) is 6.04 Å². The number of hydrogen-bond acceptors (Lipinski definition) is 3. The Bertz CT molecular complexity index is 232. The first-order valence-electron chi connectivity index (χ1n) is 5.36. The average molecular weight is 198 g/mol. The highest BCUT2D eigenvalue weighted by atomic mass is 16.4. The van der Waals surface area contributed by atoms with Crippen LogP contribution in [0.25, 0.3) is 0 Å². The number of nitrogens with two attached hydrogens (primary N) is 1. The van der Waals surface area contributed by atoms with E-state index in [1.54, 1.807) is 0 Å². The summed E-state index contributed by atoms with van der Waals surface area (Å²) in [4.78, 5) is 11.1. The fourth-order valence-corrected chi connectivity index (χ4v) is 2.48. The lowest BCUT2D eigenvalue weighted by Crippen LogP contribution is -2.46. The van der Waals surface area contributed by atoms with Crippen molar-refractivity contribution in [1.29, 1.82) is 0 Å². The highest BCUT2D eigenvalue weighted by Crippen LogP contribution is 2.51. The lowest BCUT2D eigenvalue weighted by atomic mass is 9.81. The maximum atomic E-state index is 11.1. The zero-order valence-electron chi connectivity index (χ0n) is 8.33. The molecule has 1 saturated heterocycles. The Kier molecular flexibility index (Phi) is 2.49. The van der Waals surface area contributed by atoms with Crippen molar-refractivity contribution in [2.75, 3.05) is 13.1 Å². The first-order chi connectivity index (χ1) is 6.67. The van der Waals surface area contributed by atoms with Crippen molar-refractivity contribution in [2.45, 2.75) is 31.7 Å². The minimum atomic E-state index is -0.691. The molecule has 4 nitrogen and oxygen atoms in total. The molecule has 1 heterocycles. The van der Waals surface area contributed by atoms with Gasteiger partial charge >= 0.3 is 5.97 Å². The Hall–Kier alpha value is -0.610. The third-order valence-electron chi connectivity index (χ3n) is 3.74. The Balaban J connectivity index is 1.99. The molecule has 0 bridgehead atoms. The fraction of sp³-hybridized carbons (Fsp3) is 0.900. The molecule has 2 rings (SSSR count). The molecule has 1 aliphatic heterocycles. The van der Waals surface area contributed by atoms with E-state index in [4.69, 9.17) is 10.8 Å². The lowest BCUT2D eigenvalue weighted by Gasteiger charge is -2.31. The van der Waals surface area contributed by atoms with Crippen LogP contribution in [-0.2, 0) is 4.79 Å². The van der Waals surface area contributed by atoms with Crippen LogP contribution in [0.2, 0.25) is 0 Å². The molecule has 0 aromatic rings. The molecule has 1 unspecified atom stereocenters. The van der Waals surface area contributed by atoms with Crippen LogP contribution in [0.1, 0.15) is 25.7 Å². The second-order valence-corrected chi connectivity index (χ2v) is 4.57. The van der Waals surface area contributed by atoms with E-state index in [2.05, 4.69) is 5.32 Å². The molecule has 0 amide bonds. The van der Waals surface area contributed by atoms with Crippen molar-refractivity contribution in [1.82, 2.24) is 5.32 Å². The molecular formula is C10H18N2O2. The van der Waals surface area contributed by atoms with Gasteiger partial charge in [-0.25, -0.2) is 0 Å². The number of carboxylic acids is 1. The van der Waals surface area contributed by atoms with Crippen LogP contribution in [0, 0.1) is 11.3 Å². The van der Waals surface area contributed by atoms with Gasteiger partial charge in [-0.05, 0) is 44.7 Å². The van der Waals surface area contributed by atoms with E-state index in [1.807, 2.05) is 0 Å². The van der Waals surface area contributed by atoms with Crippen LogP contribution in [0.4, 0.5) is 0 Å². The second-order valence-electron chi connectivity index (χ2n) is 4.57. The standard InChI is InChI=1S/C10H18N2O2/c11-8(7-1-5-12-6-2-7)10(3-4-10)9(13)14/h7-8,12H,1-6,11H2,(H,13,14). The second kappa shape index (κ2) is 3.51. The Morgan fingerprint density at radius 2 is 2.00 bits per heavy atom.